The molecule has 3 N–H and O–H groups in total. The molecule has 142 valence electrons. The van der Waals surface area contributed by atoms with E-state index in [1.165, 1.54) is 0 Å². The number of carbonyl (C=O) groups excluding carboxylic acids is 1. The number of hydrogen-bond donors (Lipinski definition) is 2. The van der Waals surface area contributed by atoms with Crippen molar-refractivity contribution in [3.8, 4) is 0 Å². The van der Waals surface area contributed by atoms with Crippen LogP contribution in [0.25, 0.3) is 0 Å². The van der Waals surface area contributed by atoms with Gasteiger partial charge in [0.2, 0.25) is 5.91 Å². The van der Waals surface area contributed by atoms with E-state index in [0.717, 1.165) is 37.3 Å². The number of pyridine rings is 1. The quantitative estimate of drug-likeness (QED) is 0.814. The van der Waals surface area contributed by atoms with Gasteiger partial charge < -0.3 is 16.0 Å². The Morgan fingerprint density at radius 2 is 1.77 bits per heavy atom. The van der Waals surface area contributed by atoms with Crippen LogP contribution in [-0.2, 0) is 11.2 Å². The summed E-state index contributed by atoms with van der Waals surface area (Å²) in [6, 6.07) is 15.5. The molecule has 3 rings (SSSR count). The Bertz CT molecular complexity index is 649. The third-order valence-electron chi connectivity index (χ3n) is 4.45. The molecule has 1 unspecified atom stereocenters. The minimum atomic E-state index is -0.499. The summed E-state index contributed by atoms with van der Waals surface area (Å²) in [4.78, 5) is 18.9. The molecule has 2 aromatic rings. The van der Waals surface area contributed by atoms with Gasteiger partial charge in [0.05, 0.1) is 6.04 Å². The van der Waals surface area contributed by atoms with E-state index >= 15 is 0 Å². The van der Waals surface area contributed by atoms with Gasteiger partial charge in [0, 0.05) is 25.3 Å². The van der Waals surface area contributed by atoms with Crippen molar-refractivity contribution in [1.29, 1.82) is 0 Å². The molecule has 1 saturated heterocycles. The number of halogens is 2. The number of aromatic nitrogens is 1. The maximum atomic E-state index is 12.3. The number of nitrogens with two attached hydrogens (primary N) is 1. The van der Waals surface area contributed by atoms with Crippen LogP contribution in [0.5, 0.6) is 0 Å². The number of benzene rings is 1. The van der Waals surface area contributed by atoms with Gasteiger partial charge in [-0.25, -0.2) is 4.98 Å². The number of hydrogen-bond acceptors (Lipinski definition) is 4. The van der Waals surface area contributed by atoms with E-state index in [-0.39, 0.29) is 36.8 Å². The molecule has 0 spiro atoms. The zero-order chi connectivity index (χ0) is 16.8. The van der Waals surface area contributed by atoms with Gasteiger partial charge in [-0.2, -0.15) is 0 Å². The fourth-order valence-electron chi connectivity index (χ4n) is 3.06. The van der Waals surface area contributed by atoms with Gasteiger partial charge in [0.15, 0.2) is 0 Å². The SMILES string of the molecule is Cl.Cl.NC(Cc1ccccc1)C(=O)NC1CCN(c2ccccn2)CC1. The lowest BCUT2D eigenvalue weighted by atomic mass is 10.0. The topological polar surface area (TPSA) is 71.2 Å². The second-order valence-electron chi connectivity index (χ2n) is 6.25. The van der Waals surface area contributed by atoms with Crippen LogP contribution in [0.4, 0.5) is 5.82 Å². The van der Waals surface area contributed by atoms with Crippen LogP contribution in [-0.4, -0.2) is 36.1 Å². The van der Waals surface area contributed by atoms with Gasteiger partial charge in [0.25, 0.3) is 0 Å². The van der Waals surface area contributed by atoms with Gasteiger partial charge in [-0.1, -0.05) is 36.4 Å². The molecule has 1 aromatic carbocycles. The summed E-state index contributed by atoms with van der Waals surface area (Å²) in [6.07, 6.45) is 4.21. The van der Waals surface area contributed by atoms with Gasteiger partial charge in [-0.05, 0) is 37.0 Å². The predicted octanol–water partition coefficient (Wildman–Crippen LogP) is 2.58. The Morgan fingerprint density at radius 1 is 1.12 bits per heavy atom. The Balaban J connectivity index is 0.00000169. The Kier molecular flexibility index (Phi) is 9.41. The van der Waals surface area contributed by atoms with Crippen molar-refractivity contribution < 1.29 is 4.79 Å². The fraction of sp³-hybridized carbons (Fsp3) is 0.368. The molecule has 1 atom stereocenters. The molecule has 0 aliphatic carbocycles. The van der Waals surface area contributed by atoms with Gasteiger partial charge in [-0.3, -0.25) is 4.79 Å². The fourth-order valence-corrected chi connectivity index (χ4v) is 3.06. The lowest BCUT2D eigenvalue weighted by Crippen LogP contribution is -2.50. The van der Waals surface area contributed by atoms with Crippen LogP contribution in [0.2, 0.25) is 0 Å². The molecule has 26 heavy (non-hydrogen) atoms. The number of rotatable bonds is 5. The van der Waals surface area contributed by atoms with E-state index in [0.29, 0.717) is 6.42 Å². The number of carbonyl (C=O) groups is 1. The van der Waals surface area contributed by atoms with E-state index < -0.39 is 6.04 Å². The summed E-state index contributed by atoms with van der Waals surface area (Å²) >= 11 is 0. The van der Waals surface area contributed by atoms with Crippen molar-refractivity contribution in [3.63, 3.8) is 0 Å². The number of amides is 1. The molecule has 5 nitrogen and oxygen atoms in total. The van der Waals surface area contributed by atoms with Crippen LogP contribution < -0.4 is 16.0 Å². The second kappa shape index (κ2) is 11.0. The maximum Gasteiger partial charge on any atom is 0.237 e. The molecule has 1 aliphatic heterocycles. The molecule has 0 radical (unpaired) electrons. The van der Waals surface area contributed by atoms with Gasteiger partial charge in [0.1, 0.15) is 5.82 Å². The van der Waals surface area contributed by atoms with Crippen molar-refractivity contribution in [2.75, 3.05) is 18.0 Å². The number of nitrogens with one attached hydrogen (secondary N) is 1. The molecular weight excluding hydrogens is 371 g/mol. The average molecular weight is 397 g/mol. The van der Waals surface area contributed by atoms with Gasteiger partial charge >= 0.3 is 0 Å². The Hall–Kier alpha value is -1.82. The molecule has 1 aromatic heterocycles. The van der Waals surface area contributed by atoms with Crippen LogP contribution in [0, 0.1) is 0 Å². The van der Waals surface area contributed by atoms with Crippen molar-refractivity contribution in [1.82, 2.24) is 10.3 Å². The minimum absolute atomic E-state index is 0. The molecule has 0 saturated carbocycles. The van der Waals surface area contributed by atoms with Crippen LogP contribution in [0.1, 0.15) is 18.4 Å². The smallest absolute Gasteiger partial charge is 0.237 e. The predicted molar refractivity (Wildman–Crippen MR) is 110 cm³/mol. The van der Waals surface area contributed by atoms with Crippen LogP contribution in [0.15, 0.2) is 54.7 Å². The van der Waals surface area contributed by atoms with E-state index in [2.05, 4.69) is 15.2 Å². The minimum Gasteiger partial charge on any atom is -0.356 e. The summed E-state index contributed by atoms with van der Waals surface area (Å²) in [6.45, 7) is 1.80. The monoisotopic (exact) mass is 396 g/mol. The first-order chi connectivity index (χ1) is 11.7. The van der Waals surface area contributed by atoms with E-state index in [9.17, 15) is 4.79 Å². The second-order valence-corrected chi connectivity index (χ2v) is 6.25. The summed E-state index contributed by atoms with van der Waals surface area (Å²) in [5, 5.41) is 3.10. The molecule has 2 heterocycles. The highest BCUT2D eigenvalue weighted by Gasteiger charge is 2.23. The van der Waals surface area contributed by atoms with Crippen LogP contribution >= 0.6 is 24.8 Å². The maximum absolute atomic E-state index is 12.3. The molecule has 1 fully saturated rings. The number of nitrogens with zero attached hydrogens (tertiary/aromatic N) is 2. The normalized spacial score (nSPS) is 15.3. The van der Waals surface area contributed by atoms with Crippen molar-refractivity contribution in [3.05, 3.63) is 60.3 Å². The highest BCUT2D eigenvalue weighted by molar-refractivity contribution is 5.85. The molecule has 1 aliphatic rings. The largest absolute Gasteiger partial charge is 0.356 e. The first-order valence-corrected chi connectivity index (χ1v) is 8.48. The zero-order valence-electron chi connectivity index (χ0n) is 14.6. The third-order valence-corrected chi connectivity index (χ3v) is 4.45. The van der Waals surface area contributed by atoms with Crippen LogP contribution in [0.3, 0.4) is 0 Å². The van der Waals surface area contributed by atoms with E-state index in [4.69, 9.17) is 5.73 Å². The van der Waals surface area contributed by atoms with E-state index in [1.54, 1.807) is 0 Å². The lowest BCUT2D eigenvalue weighted by molar-refractivity contribution is -0.123. The zero-order valence-corrected chi connectivity index (χ0v) is 16.2. The lowest BCUT2D eigenvalue weighted by Gasteiger charge is -2.33. The summed E-state index contributed by atoms with van der Waals surface area (Å²) in [5.74, 6) is 0.943. The van der Waals surface area contributed by atoms with Crippen molar-refractivity contribution >= 4 is 36.5 Å². The molecular formula is C19H26Cl2N4O. The standard InChI is InChI=1S/C19H24N4O.2ClH/c20-17(14-15-6-2-1-3-7-15)19(24)22-16-9-12-23(13-10-16)18-8-4-5-11-21-18;;/h1-8,11,16-17H,9-10,12-14,20H2,(H,22,24);2*1H. The summed E-state index contributed by atoms with van der Waals surface area (Å²) in [5.41, 5.74) is 7.14. The Labute approximate surface area is 167 Å². The van der Waals surface area contributed by atoms with Crippen molar-refractivity contribution in [2.24, 2.45) is 5.73 Å². The summed E-state index contributed by atoms with van der Waals surface area (Å²) in [7, 11) is 0. The first kappa shape index (κ1) is 22.2. The Morgan fingerprint density at radius 3 is 2.38 bits per heavy atom. The van der Waals surface area contributed by atoms with Crippen molar-refractivity contribution in [2.45, 2.75) is 31.3 Å². The molecule has 7 heteroatoms. The number of anilines is 1. The van der Waals surface area contributed by atoms with Gasteiger partial charge in [-0.15, -0.1) is 24.8 Å². The number of piperidine rings is 1. The average Bonchev–Trinajstić information content (AvgIpc) is 2.64. The first-order valence-electron chi connectivity index (χ1n) is 8.48. The highest BCUT2D eigenvalue weighted by Crippen LogP contribution is 2.17. The highest BCUT2D eigenvalue weighted by atomic mass is 35.5. The molecule has 1 amide bonds. The summed E-state index contributed by atoms with van der Waals surface area (Å²) < 4.78 is 0. The third kappa shape index (κ3) is 6.16. The van der Waals surface area contributed by atoms with E-state index in [1.807, 2.05) is 54.7 Å². The molecule has 0 bridgehead atoms.